The molecule has 0 heterocycles. The molecule has 4 nitrogen and oxygen atoms in total. The Kier molecular flexibility index (Phi) is 2.47. The Morgan fingerprint density at radius 1 is 1.38 bits per heavy atom. The zero-order valence-electron chi connectivity index (χ0n) is 7.94. The average molecular weight is 274 g/mol. The van der Waals surface area contributed by atoms with Gasteiger partial charge in [-0.1, -0.05) is 22.0 Å². The molecule has 0 aliphatic heterocycles. The number of halogens is 1. The molecule has 16 heavy (non-hydrogen) atoms. The van der Waals surface area contributed by atoms with E-state index in [1.54, 1.807) is 18.2 Å². The van der Waals surface area contributed by atoms with Crippen LogP contribution in [0.5, 0.6) is 5.75 Å². The molecule has 2 rings (SSSR count). The first-order valence-corrected chi connectivity index (χ1v) is 5.15. The summed E-state index contributed by atoms with van der Waals surface area (Å²) in [6, 6.07) is 8.23. The van der Waals surface area contributed by atoms with E-state index in [4.69, 9.17) is 10.7 Å². The lowest BCUT2D eigenvalue weighted by Crippen LogP contribution is -1.92. The minimum absolute atomic E-state index is 0.0460. The predicted molar refractivity (Wildman–Crippen MR) is 60.6 cm³/mol. The van der Waals surface area contributed by atoms with Crippen LogP contribution in [0.4, 0.5) is 5.69 Å². The SMILES string of the molecule is N#Cc1cccc2c([N+]#N)c([O-])cc(Br)c12. The van der Waals surface area contributed by atoms with Crippen molar-refractivity contribution in [2.75, 3.05) is 0 Å². The van der Waals surface area contributed by atoms with E-state index >= 15 is 0 Å². The topological polar surface area (TPSA) is 75.0 Å². The molecule has 5 heteroatoms. The summed E-state index contributed by atoms with van der Waals surface area (Å²) in [6.07, 6.45) is 0. The number of diazo groups is 1. The summed E-state index contributed by atoms with van der Waals surface area (Å²) in [6.45, 7) is 0. The zero-order valence-corrected chi connectivity index (χ0v) is 9.52. The fraction of sp³-hybridized carbons (Fsp3) is 0. The molecule has 0 bridgehead atoms. The Labute approximate surface area is 99.5 Å². The number of nitrogens with zero attached hydrogens (tertiary/aromatic N) is 3. The monoisotopic (exact) mass is 273 g/mol. The van der Waals surface area contributed by atoms with Gasteiger partial charge in [0, 0.05) is 9.86 Å². The minimum Gasteiger partial charge on any atom is -0.867 e. The summed E-state index contributed by atoms with van der Waals surface area (Å²) >= 11 is 3.23. The fourth-order valence-corrected chi connectivity index (χ4v) is 2.23. The highest BCUT2D eigenvalue weighted by Gasteiger charge is 2.17. The molecule has 0 fully saturated rings. The number of hydrogen-bond acceptors (Lipinski definition) is 3. The third-order valence-electron chi connectivity index (χ3n) is 2.27. The number of hydrogen-bond donors (Lipinski definition) is 0. The molecule has 0 N–H and O–H groups in total. The average Bonchev–Trinajstić information content (AvgIpc) is 2.28. The third-order valence-corrected chi connectivity index (χ3v) is 2.90. The highest BCUT2D eigenvalue weighted by atomic mass is 79.9. The van der Waals surface area contributed by atoms with Gasteiger partial charge in [0.1, 0.15) is 0 Å². The van der Waals surface area contributed by atoms with Crippen molar-refractivity contribution >= 4 is 32.4 Å². The first-order chi connectivity index (χ1) is 7.69. The molecule has 0 saturated carbocycles. The Bertz CT molecular complexity index is 667. The molecule has 2 aromatic rings. The molecule has 0 saturated heterocycles. The molecule has 76 valence electrons. The van der Waals surface area contributed by atoms with E-state index < -0.39 is 5.75 Å². The van der Waals surface area contributed by atoms with Crippen molar-refractivity contribution < 1.29 is 5.11 Å². The maximum Gasteiger partial charge on any atom is 0.385 e. The highest BCUT2D eigenvalue weighted by molar-refractivity contribution is 9.10. The number of benzene rings is 2. The number of nitriles is 1. The van der Waals surface area contributed by atoms with Crippen molar-refractivity contribution in [2.24, 2.45) is 0 Å². The Morgan fingerprint density at radius 2 is 2.12 bits per heavy atom. The minimum atomic E-state index is -0.392. The van der Waals surface area contributed by atoms with Crippen LogP contribution in [0.1, 0.15) is 5.56 Å². The lowest BCUT2D eigenvalue weighted by Gasteiger charge is -2.06. The number of rotatable bonds is 0. The van der Waals surface area contributed by atoms with Crippen molar-refractivity contribution in [3.05, 3.63) is 39.3 Å². The van der Waals surface area contributed by atoms with E-state index in [1.807, 2.05) is 6.07 Å². The second-order valence-electron chi connectivity index (χ2n) is 3.15. The van der Waals surface area contributed by atoms with E-state index in [0.29, 0.717) is 20.8 Å². The van der Waals surface area contributed by atoms with Crippen LogP contribution >= 0.6 is 15.9 Å². The predicted octanol–water partition coefficient (Wildman–Crippen LogP) is 3.03. The quantitative estimate of drug-likeness (QED) is 0.693. The third kappa shape index (κ3) is 1.39. The van der Waals surface area contributed by atoms with E-state index in [1.165, 1.54) is 6.07 Å². The second-order valence-corrected chi connectivity index (χ2v) is 4.00. The Morgan fingerprint density at radius 3 is 2.75 bits per heavy atom. The normalized spacial score (nSPS) is 9.69. The molecule has 0 amide bonds. The van der Waals surface area contributed by atoms with Gasteiger partial charge in [-0.05, 0) is 23.9 Å². The lowest BCUT2D eigenvalue weighted by atomic mass is 10.0. The smallest absolute Gasteiger partial charge is 0.385 e. The van der Waals surface area contributed by atoms with Crippen LogP contribution in [0.2, 0.25) is 0 Å². The molecule has 0 unspecified atom stereocenters. The largest absolute Gasteiger partial charge is 0.867 e. The molecule has 0 spiro atoms. The van der Waals surface area contributed by atoms with Crippen LogP contribution in [0.15, 0.2) is 28.7 Å². The molecule has 2 aromatic carbocycles. The molecular weight excluding hydrogens is 270 g/mol. The van der Waals surface area contributed by atoms with Crippen molar-refractivity contribution in [3.63, 3.8) is 0 Å². The van der Waals surface area contributed by atoms with E-state index in [2.05, 4.69) is 20.9 Å². The highest BCUT2D eigenvalue weighted by Crippen LogP contribution is 2.39. The van der Waals surface area contributed by atoms with Gasteiger partial charge < -0.3 is 5.11 Å². The fourth-order valence-electron chi connectivity index (χ4n) is 1.59. The standard InChI is InChI=1S/C11H4BrN3O/c12-8-4-9(16)11(15-14)7-3-1-2-6(5-13)10(7)8/h1-4H. The van der Waals surface area contributed by atoms with Crippen molar-refractivity contribution in [3.8, 4) is 11.8 Å². The molecule has 0 aromatic heterocycles. The van der Waals surface area contributed by atoms with Gasteiger partial charge in [0.15, 0.2) is 4.98 Å². The Hall–Kier alpha value is -2.11. The first kappa shape index (κ1) is 10.4. The van der Waals surface area contributed by atoms with Gasteiger partial charge in [-0.2, -0.15) is 5.26 Å². The van der Waals surface area contributed by atoms with Gasteiger partial charge in [-0.15, -0.1) is 0 Å². The summed E-state index contributed by atoms with van der Waals surface area (Å²) in [5, 5.41) is 30.3. The summed E-state index contributed by atoms with van der Waals surface area (Å²) < 4.78 is 0.525. The van der Waals surface area contributed by atoms with Gasteiger partial charge in [0.25, 0.3) is 0 Å². The number of fused-ring (bicyclic) bond motifs is 1. The Balaban J connectivity index is 3.07. The zero-order chi connectivity index (χ0) is 11.7. The summed E-state index contributed by atoms with van der Waals surface area (Å²) in [5.74, 6) is -0.392. The maximum atomic E-state index is 11.5. The molecule has 0 aliphatic rings. The molecule has 0 atom stereocenters. The lowest BCUT2D eigenvalue weighted by molar-refractivity contribution is -0.266. The maximum absolute atomic E-state index is 11.5. The second kappa shape index (κ2) is 3.80. The van der Waals surface area contributed by atoms with Crippen molar-refractivity contribution in [2.45, 2.75) is 0 Å². The van der Waals surface area contributed by atoms with Crippen LogP contribution in [0, 0.1) is 16.7 Å². The van der Waals surface area contributed by atoms with Gasteiger partial charge in [0.05, 0.1) is 17.0 Å². The van der Waals surface area contributed by atoms with Crippen LogP contribution in [0.3, 0.4) is 0 Å². The van der Waals surface area contributed by atoms with Gasteiger partial charge in [0.2, 0.25) is 5.39 Å². The van der Waals surface area contributed by atoms with E-state index in [9.17, 15) is 5.11 Å². The van der Waals surface area contributed by atoms with Crippen molar-refractivity contribution in [1.29, 1.82) is 10.7 Å². The summed E-state index contributed by atoms with van der Waals surface area (Å²) in [5.41, 5.74) is 0.379. The van der Waals surface area contributed by atoms with Crippen LogP contribution in [-0.4, -0.2) is 0 Å². The molecule has 0 radical (unpaired) electrons. The van der Waals surface area contributed by atoms with Crippen LogP contribution in [0.25, 0.3) is 15.7 Å². The summed E-state index contributed by atoms with van der Waals surface area (Å²) in [7, 11) is 0. The van der Waals surface area contributed by atoms with Crippen LogP contribution < -0.4 is 5.11 Å². The van der Waals surface area contributed by atoms with Crippen molar-refractivity contribution in [1.82, 2.24) is 0 Å². The van der Waals surface area contributed by atoms with Gasteiger partial charge >= 0.3 is 5.69 Å². The molecule has 0 aliphatic carbocycles. The van der Waals surface area contributed by atoms with Gasteiger partial charge in [-0.25, -0.2) is 0 Å². The van der Waals surface area contributed by atoms with E-state index in [0.717, 1.165) is 0 Å². The summed E-state index contributed by atoms with van der Waals surface area (Å²) in [4.78, 5) is 2.97. The van der Waals surface area contributed by atoms with Gasteiger partial charge in [-0.3, -0.25) is 0 Å². The molecular formula is C11H4BrN3O. The first-order valence-electron chi connectivity index (χ1n) is 4.36. The van der Waals surface area contributed by atoms with Crippen LogP contribution in [-0.2, 0) is 0 Å². The van der Waals surface area contributed by atoms with E-state index in [-0.39, 0.29) is 5.69 Å².